The molecule has 2 fully saturated rings. The fourth-order valence-electron chi connectivity index (χ4n) is 4.46. The standard InChI is InChI=1S/C25H27FN2O3/c1-31-22-10-6-5-7-18(22)15-16-25(24(30)27-20-8-3-2-4-9-20)17-23(29)28(25)21-13-11-19(26)12-14-21/h5-7,10-16,20H,2-4,8-9,17H2,1H3,(H,27,30)/b16-15+. The zero-order valence-corrected chi connectivity index (χ0v) is 17.6. The third kappa shape index (κ3) is 4.20. The lowest BCUT2D eigenvalue weighted by Crippen LogP contribution is -2.70. The number of para-hydroxylation sites is 1. The van der Waals surface area contributed by atoms with Crippen LogP contribution in [0.5, 0.6) is 5.75 Å². The van der Waals surface area contributed by atoms with E-state index in [4.69, 9.17) is 4.74 Å². The third-order valence-electron chi connectivity index (χ3n) is 6.17. The van der Waals surface area contributed by atoms with E-state index >= 15 is 0 Å². The second-order valence-corrected chi connectivity index (χ2v) is 8.19. The molecule has 6 heteroatoms. The second-order valence-electron chi connectivity index (χ2n) is 8.19. The lowest BCUT2D eigenvalue weighted by atomic mass is 9.80. The molecule has 0 aromatic heterocycles. The monoisotopic (exact) mass is 422 g/mol. The molecule has 1 atom stereocenters. The van der Waals surface area contributed by atoms with Gasteiger partial charge in [-0.2, -0.15) is 0 Å². The number of amides is 2. The molecule has 1 saturated heterocycles. The van der Waals surface area contributed by atoms with Crippen LogP contribution in [-0.2, 0) is 9.59 Å². The van der Waals surface area contributed by atoms with E-state index in [0.29, 0.717) is 11.4 Å². The van der Waals surface area contributed by atoms with E-state index < -0.39 is 11.4 Å². The van der Waals surface area contributed by atoms with Gasteiger partial charge in [0.2, 0.25) is 5.91 Å². The van der Waals surface area contributed by atoms with E-state index in [1.807, 2.05) is 30.3 Å². The fraction of sp³-hybridized carbons (Fsp3) is 0.360. The molecular formula is C25H27FN2O3. The topological polar surface area (TPSA) is 58.6 Å². The lowest BCUT2D eigenvalue weighted by Gasteiger charge is -2.49. The smallest absolute Gasteiger partial charge is 0.251 e. The molecule has 31 heavy (non-hydrogen) atoms. The van der Waals surface area contributed by atoms with Crippen molar-refractivity contribution in [2.24, 2.45) is 0 Å². The maximum absolute atomic E-state index is 13.5. The minimum Gasteiger partial charge on any atom is -0.496 e. The molecule has 1 saturated carbocycles. The molecule has 2 aliphatic rings. The molecule has 1 N–H and O–H groups in total. The average Bonchev–Trinajstić information content (AvgIpc) is 2.78. The van der Waals surface area contributed by atoms with Crippen molar-refractivity contribution in [2.75, 3.05) is 12.0 Å². The van der Waals surface area contributed by atoms with Crippen molar-refractivity contribution in [1.29, 1.82) is 0 Å². The summed E-state index contributed by atoms with van der Waals surface area (Å²) in [6.07, 6.45) is 8.92. The molecular weight excluding hydrogens is 395 g/mol. The van der Waals surface area contributed by atoms with Gasteiger partial charge < -0.3 is 10.1 Å². The Bertz CT molecular complexity index is 983. The molecule has 1 aliphatic carbocycles. The quantitative estimate of drug-likeness (QED) is 0.699. The molecule has 4 rings (SSSR count). The van der Waals surface area contributed by atoms with Gasteiger partial charge in [-0.15, -0.1) is 0 Å². The van der Waals surface area contributed by atoms with Crippen LogP contribution in [0.3, 0.4) is 0 Å². The van der Waals surface area contributed by atoms with Gasteiger partial charge in [0.05, 0.1) is 13.5 Å². The van der Waals surface area contributed by atoms with Crippen molar-refractivity contribution in [3.63, 3.8) is 0 Å². The Labute approximate surface area is 181 Å². The van der Waals surface area contributed by atoms with Crippen LogP contribution in [0, 0.1) is 5.82 Å². The van der Waals surface area contributed by atoms with E-state index in [-0.39, 0.29) is 24.3 Å². The highest BCUT2D eigenvalue weighted by Gasteiger charge is 2.56. The van der Waals surface area contributed by atoms with Gasteiger partial charge in [-0.05, 0) is 49.2 Å². The van der Waals surface area contributed by atoms with Gasteiger partial charge in [0.1, 0.15) is 11.6 Å². The molecule has 1 heterocycles. The normalized spacial score (nSPS) is 21.7. The van der Waals surface area contributed by atoms with E-state index in [9.17, 15) is 14.0 Å². The van der Waals surface area contributed by atoms with Crippen LogP contribution in [0.1, 0.15) is 44.1 Å². The minimum atomic E-state index is -1.16. The maximum atomic E-state index is 13.5. The van der Waals surface area contributed by atoms with Gasteiger partial charge in [0.25, 0.3) is 5.91 Å². The van der Waals surface area contributed by atoms with Crippen molar-refractivity contribution < 1.29 is 18.7 Å². The number of benzene rings is 2. The highest BCUT2D eigenvalue weighted by molar-refractivity contribution is 6.15. The number of hydrogen-bond acceptors (Lipinski definition) is 3. The van der Waals surface area contributed by atoms with E-state index in [1.54, 1.807) is 13.2 Å². The summed E-state index contributed by atoms with van der Waals surface area (Å²) in [7, 11) is 1.59. The molecule has 1 unspecified atom stereocenters. The number of carbonyl (C=O) groups is 2. The Balaban J connectivity index is 1.69. The summed E-state index contributed by atoms with van der Waals surface area (Å²) in [6.45, 7) is 0. The van der Waals surface area contributed by atoms with Crippen LogP contribution >= 0.6 is 0 Å². The highest BCUT2D eigenvalue weighted by Crippen LogP contribution is 2.40. The molecule has 162 valence electrons. The first-order valence-electron chi connectivity index (χ1n) is 10.8. The van der Waals surface area contributed by atoms with Crippen molar-refractivity contribution in [2.45, 2.75) is 50.1 Å². The van der Waals surface area contributed by atoms with Gasteiger partial charge >= 0.3 is 0 Å². The van der Waals surface area contributed by atoms with Crippen LogP contribution in [0.2, 0.25) is 0 Å². The van der Waals surface area contributed by atoms with Gasteiger partial charge in [-0.25, -0.2) is 4.39 Å². The number of β-lactam (4-membered cyclic amide) rings is 1. The van der Waals surface area contributed by atoms with Crippen LogP contribution in [0.15, 0.2) is 54.6 Å². The molecule has 1 aliphatic heterocycles. The van der Waals surface area contributed by atoms with Gasteiger partial charge in [0.15, 0.2) is 5.54 Å². The molecule has 2 aromatic rings. The summed E-state index contributed by atoms with van der Waals surface area (Å²) in [5, 5.41) is 3.17. The van der Waals surface area contributed by atoms with Crippen LogP contribution in [-0.4, -0.2) is 30.5 Å². The van der Waals surface area contributed by atoms with Crippen molar-refractivity contribution in [1.82, 2.24) is 5.32 Å². The summed E-state index contributed by atoms with van der Waals surface area (Å²) >= 11 is 0. The summed E-state index contributed by atoms with van der Waals surface area (Å²) in [6, 6.07) is 13.3. The number of hydrogen-bond donors (Lipinski definition) is 1. The minimum absolute atomic E-state index is 0.0641. The predicted octanol–water partition coefficient (Wildman–Crippen LogP) is 4.47. The SMILES string of the molecule is COc1ccccc1/C=C/C1(C(=O)NC2CCCCC2)CC(=O)N1c1ccc(F)cc1. The van der Waals surface area contributed by atoms with Gasteiger partial charge in [-0.1, -0.05) is 43.5 Å². The molecule has 5 nitrogen and oxygen atoms in total. The van der Waals surface area contributed by atoms with E-state index in [0.717, 1.165) is 31.2 Å². The Morgan fingerprint density at radius 3 is 2.52 bits per heavy atom. The zero-order chi connectivity index (χ0) is 21.8. The van der Waals surface area contributed by atoms with E-state index in [2.05, 4.69) is 5.32 Å². The molecule has 2 amide bonds. The van der Waals surface area contributed by atoms with Crippen molar-refractivity contribution in [3.05, 3.63) is 66.0 Å². The largest absolute Gasteiger partial charge is 0.496 e. The van der Waals surface area contributed by atoms with Gasteiger partial charge in [-0.3, -0.25) is 14.5 Å². The Hall–Kier alpha value is -3.15. The molecule has 0 radical (unpaired) electrons. The predicted molar refractivity (Wildman–Crippen MR) is 118 cm³/mol. The Morgan fingerprint density at radius 1 is 1.13 bits per heavy atom. The molecule has 0 bridgehead atoms. The lowest BCUT2D eigenvalue weighted by molar-refractivity contribution is -0.137. The number of rotatable bonds is 6. The van der Waals surface area contributed by atoms with Crippen molar-refractivity contribution >= 4 is 23.6 Å². The average molecular weight is 423 g/mol. The molecule has 0 spiro atoms. The zero-order valence-electron chi connectivity index (χ0n) is 17.6. The van der Waals surface area contributed by atoms with Crippen LogP contribution < -0.4 is 15.0 Å². The summed E-state index contributed by atoms with van der Waals surface area (Å²) in [5.74, 6) is -0.0799. The van der Waals surface area contributed by atoms with Crippen LogP contribution in [0.4, 0.5) is 10.1 Å². The second kappa shape index (κ2) is 8.92. The first kappa shape index (κ1) is 21.1. The number of halogens is 1. The first-order chi connectivity index (χ1) is 15.0. The number of ether oxygens (including phenoxy) is 1. The highest BCUT2D eigenvalue weighted by atomic mass is 19.1. The number of nitrogens with one attached hydrogen (secondary N) is 1. The van der Waals surface area contributed by atoms with Crippen molar-refractivity contribution in [3.8, 4) is 5.75 Å². The van der Waals surface area contributed by atoms with E-state index in [1.165, 1.54) is 35.6 Å². The van der Waals surface area contributed by atoms with Crippen LogP contribution in [0.25, 0.3) is 6.08 Å². The first-order valence-corrected chi connectivity index (χ1v) is 10.8. The summed E-state index contributed by atoms with van der Waals surface area (Å²) in [5.41, 5.74) is 0.155. The summed E-state index contributed by atoms with van der Waals surface area (Å²) < 4.78 is 18.9. The fourth-order valence-corrected chi connectivity index (χ4v) is 4.46. The number of carbonyl (C=O) groups excluding carboxylic acids is 2. The third-order valence-corrected chi connectivity index (χ3v) is 6.17. The Morgan fingerprint density at radius 2 is 1.84 bits per heavy atom. The number of anilines is 1. The number of methoxy groups -OCH3 is 1. The summed E-state index contributed by atoms with van der Waals surface area (Å²) in [4.78, 5) is 27.7. The van der Waals surface area contributed by atoms with Gasteiger partial charge in [0, 0.05) is 17.3 Å². The Kier molecular flexibility index (Phi) is 6.07. The molecule has 2 aromatic carbocycles. The number of nitrogens with zero attached hydrogens (tertiary/aromatic N) is 1. The maximum Gasteiger partial charge on any atom is 0.251 e.